The molecule has 0 spiro atoms. The molecule has 8 heteroatoms. The van der Waals surface area contributed by atoms with Gasteiger partial charge in [0.05, 0.1) is 0 Å². The van der Waals surface area contributed by atoms with Gasteiger partial charge in [-0.05, 0) is 31.1 Å². The van der Waals surface area contributed by atoms with Gasteiger partial charge in [-0.25, -0.2) is 0 Å². The molecule has 2 rings (SSSR count). The van der Waals surface area contributed by atoms with Crippen LogP contribution in [0.3, 0.4) is 0 Å². The summed E-state index contributed by atoms with van der Waals surface area (Å²) in [7, 11) is 3.60. The van der Waals surface area contributed by atoms with E-state index in [0.29, 0.717) is 17.2 Å². The van der Waals surface area contributed by atoms with Crippen molar-refractivity contribution < 1.29 is 9.26 Å². The molecular formula is C19H36IN5O2. The Bertz CT molecular complexity index is 556. The standard InChI is InChI=1S/C19H35N5O2.HI/c1-15(2)17-23-16(26-24-17)8-7-12-21-18(20-3)22-14-19(11-13-25-4)9-5-6-10-19;/h15H,5-14H2,1-4H3,(H2,20,21,22);1H. The summed E-state index contributed by atoms with van der Waals surface area (Å²) in [6.45, 7) is 6.74. The number of nitrogens with zero attached hydrogens (tertiary/aromatic N) is 3. The first kappa shape index (κ1) is 24.1. The van der Waals surface area contributed by atoms with E-state index in [9.17, 15) is 0 Å². The second-order valence-electron chi connectivity index (χ2n) is 7.61. The van der Waals surface area contributed by atoms with E-state index in [4.69, 9.17) is 9.26 Å². The molecule has 156 valence electrons. The SMILES string of the molecule is CN=C(NCCCc1nc(C(C)C)no1)NCC1(CCOC)CCCC1.I. The molecule has 27 heavy (non-hydrogen) atoms. The van der Waals surface area contributed by atoms with Gasteiger partial charge in [-0.3, -0.25) is 4.99 Å². The number of rotatable bonds is 10. The average molecular weight is 493 g/mol. The maximum atomic E-state index is 5.31. The molecule has 0 amide bonds. The van der Waals surface area contributed by atoms with E-state index >= 15 is 0 Å². The quantitative estimate of drug-likeness (QED) is 0.225. The van der Waals surface area contributed by atoms with E-state index in [0.717, 1.165) is 50.7 Å². The predicted molar refractivity (Wildman–Crippen MR) is 119 cm³/mol. The third-order valence-electron chi connectivity index (χ3n) is 5.22. The lowest BCUT2D eigenvalue weighted by Crippen LogP contribution is -2.43. The normalized spacial score (nSPS) is 16.4. The first-order valence-corrected chi connectivity index (χ1v) is 9.84. The Morgan fingerprint density at radius 2 is 2.04 bits per heavy atom. The molecule has 1 fully saturated rings. The highest BCUT2D eigenvalue weighted by molar-refractivity contribution is 14.0. The van der Waals surface area contributed by atoms with Crippen molar-refractivity contribution in [2.75, 3.05) is 33.9 Å². The Morgan fingerprint density at radius 3 is 2.63 bits per heavy atom. The van der Waals surface area contributed by atoms with Gasteiger partial charge in [0.25, 0.3) is 0 Å². The first-order valence-electron chi connectivity index (χ1n) is 9.84. The molecule has 0 radical (unpaired) electrons. The lowest BCUT2D eigenvalue weighted by molar-refractivity contribution is 0.138. The fraction of sp³-hybridized carbons (Fsp3) is 0.842. The van der Waals surface area contributed by atoms with Crippen molar-refractivity contribution in [1.29, 1.82) is 0 Å². The number of hydrogen-bond donors (Lipinski definition) is 2. The maximum absolute atomic E-state index is 5.31. The van der Waals surface area contributed by atoms with Crippen molar-refractivity contribution in [3.05, 3.63) is 11.7 Å². The molecular weight excluding hydrogens is 457 g/mol. The van der Waals surface area contributed by atoms with Gasteiger partial charge in [-0.1, -0.05) is 31.8 Å². The van der Waals surface area contributed by atoms with E-state index in [1.54, 1.807) is 7.11 Å². The fourth-order valence-electron chi connectivity index (χ4n) is 3.50. The van der Waals surface area contributed by atoms with Crippen LogP contribution in [0.5, 0.6) is 0 Å². The fourth-order valence-corrected chi connectivity index (χ4v) is 3.50. The average Bonchev–Trinajstić information content (AvgIpc) is 3.29. The minimum atomic E-state index is 0. The summed E-state index contributed by atoms with van der Waals surface area (Å²) in [4.78, 5) is 8.75. The van der Waals surface area contributed by atoms with Crippen molar-refractivity contribution in [2.24, 2.45) is 10.4 Å². The molecule has 0 aromatic carbocycles. The van der Waals surface area contributed by atoms with Crippen LogP contribution in [0.2, 0.25) is 0 Å². The molecule has 2 N–H and O–H groups in total. The minimum absolute atomic E-state index is 0. The number of methoxy groups -OCH3 is 1. The van der Waals surface area contributed by atoms with Gasteiger partial charge < -0.3 is 19.9 Å². The van der Waals surface area contributed by atoms with Crippen LogP contribution in [0.15, 0.2) is 9.52 Å². The van der Waals surface area contributed by atoms with Gasteiger partial charge in [0, 0.05) is 46.2 Å². The second kappa shape index (κ2) is 12.5. The van der Waals surface area contributed by atoms with Gasteiger partial charge >= 0.3 is 0 Å². The molecule has 0 unspecified atom stereocenters. The Morgan fingerprint density at radius 1 is 1.30 bits per heavy atom. The zero-order chi connectivity index (χ0) is 18.8. The zero-order valence-corrected chi connectivity index (χ0v) is 19.5. The summed E-state index contributed by atoms with van der Waals surface area (Å²) in [5, 5.41) is 10.9. The lowest BCUT2D eigenvalue weighted by atomic mass is 9.83. The molecule has 1 heterocycles. The number of aliphatic imine (C=N–C) groups is 1. The van der Waals surface area contributed by atoms with Crippen molar-refractivity contribution in [2.45, 2.75) is 64.7 Å². The summed E-state index contributed by atoms with van der Waals surface area (Å²) in [6.07, 6.45) is 8.00. The number of guanidine groups is 1. The van der Waals surface area contributed by atoms with Gasteiger partial charge in [0.1, 0.15) is 0 Å². The van der Waals surface area contributed by atoms with Crippen LogP contribution in [-0.4, -0.2) is 50.0 Å². The Hall–Kier alpha value is -0.900. The van der Waals surface area contributed by atoms with E-state index in [-0.39, 0.29) is 24.0 Å². The number of aromatic nitrogens is 2. The number of hydrogen-bond acceptors (Lipinski definition) is 5. The molecule has 0 aliphatic heterocycles. The van der Waals surface area contributed by atoms with Gasteiger partial charge in [-0.2, -0.15) is 4.98 Å². The molecule has 0 bridgehead atoms. The number of halogens is 1. The number of ether oxygens (including phenoxy) is 1. The smallest absolute Gasteiger partial charge is 0.226 e. The molecule has 1 aliphatic rings. The van der Waals surface area contributed by atoms with E-state index < -0.39 is 0 Å². The van der Waals surface area contributed by atoms with Crippen molar-refractivity contribution >= 4 is 29.9 Å². The summed E-state index contributed by atoms with van der Waals surface area (Å²) < 4.78 is 10.6. The van der Waals surface area contributed by atoms with Gasteiger partial charge in [0.2, 0.25) is 5.89 Å². The summed E-state index contributed by atoms with van der Waals surface area (Å²) in [5.41, 5.74) is 0.352. The van der Waals surface area contributed by atoms with Crippen molar-refractivity contribution in [3.8, 4) is 0 Å². The summed E-state index contributed by atoms with van der Waals surface area (Å²) >= 11 is 0. The summed E-state index contributed by atoms with van der Waals surface area (Å²) in [5.74, 6) is 2.66. The van der Waals surface area contributed by atoms with Crippen LogP contribution in [0.25, 0.3) is 0 Å². The highest BCUT2D eigenvalue weighted by Crippen LogP contribution is 2.40. The van der Waals surface area contributed by atoms with Crippen LogP contribution >= 0.6 is 24.0 Å². The third kappa shape index (κ3) is 7.93. The van der Waals surface area contributed by atoms with Crippen LogP contribution < -0.4 is 10.6 Å². The summed E-state index contributed by atoms with van der Waals surface area (Å²) in [6, 6.07) is 0. The molecule has 1 saturated carbocycles. The predicted octanol–water partition coefficient (Wildman–Crippen LogP) is 3.51. The van der Waals surface area contributed by atoms with E-state index in [2.05, 4.69) is 39.6 Å². The van der Waals surface area contributed by atoms with E-state index in [1.165, 1.54) is 25.7 Å². The third-order valence-corrected chi connectivity index (χ3v) is 5.22. The first-order chi connectivity index (χ1) is 12.6. The van der Waals surface area contributed by atoms with Gasteiger partial charge in [0.15, 0.2) is 11.8 Å². The monoisotopic (exact) mass is 493 g/mol. The largest absolute Gasteiger partial charge is 0.385 e. The molecule has 7 nitrogen and oxygen atoms in total. The van der Waals surface area contributed by atoms with E-state index in [1.807, 2.05) is 7.05 Å². The zero-order valence-electron chi connectivity index (χ0n) is 17.2. The molecule has 1 aromatic rings. The molecule has 1 aliphatic carbocycles. The number of aryl methyl sites for hydroxylation is 1. The van der Waals surface area contributed by atoms with Crippen LogP contribution in [0.4, 0.5) is 0 Å². The van der Waals surface area contributed by atoms with Crippen LogP contribution in [0, 0.1) is 5.41 Å². The van der Waals surface area contributed by atoms with Crippen LogP contribution in [-0.2, 0) is 11.2 Å². The molecule has 1 aromatic heterocycles. The molecule has 0 atom stereocenters. The van der Waals surface area contributed by atoms with Crippen molar-refractivity contribution in [1.82, 2.24) is 20.8 Å². The Labute approximate surface area is 180 Å². The highest BCUT2D eigenvalue weighted by atomic mass is 127. The maximum Gasteiger partial charge on any atom is 0.226 e. The van der Waals surface area contributed by atoms with Crippen molar-refractivity contribution in [3.63, 3.8) is 0 Å². The Balaban J connectivity index is 0.00000364. The highest BCUT2D eigenvalue weighted by Gasteiger charge is 2.33. The second-order valence-corrected chi connectivity index (χ2v) is 7.61. The van der Waals surface area contributed by atoms with Crippen LogP contribution in [0.1, 0.15) is 70.0 Å². The van der Waals surface area contributed by atoms with Gasteiger partial charge in [-0.15, -0.1) is 24.0 Å². The number of nitrogens with one attached hydrogen (secondary N) is 2. The molecule has 0 saturated heterocycles. The topological polar surface area (TPSA) is 84.6 Å². The lowest BCUT2D eigenvalue weighted by Gasteiger charge is -2.29. The Kier molecular flexibility index (Phi) is 11.2. The minimum Gasteiger partial charge on any atom is -0.385 e.